The third-order valence-electron chi connectivity index (χ3n) is 4.77. The van der Waals surface area contributed by atoms with E-state index in [-0.39, 0.29) is 0 Å². The largest absolute Gasteiger partial charge is 0.493 e. The van der Waals surface area contributed by atoms with Gasteiger partial charge in [-0.25, -0.2) is 0 Å². The maximum Gasteiger partial charge on any atom is 0.122 e. The van der Waals surface area contributed by atoms with Crippen molar-refractivity contribution >= 4 is 0 Å². The van der Waals surface area contributed by atoms with Gasteiger partial charge in [0.25, 0.3) is 0 Å². The highest BCUT2D eigenvalue weighted by molar-refractivity contribution is 5.37. The summed E-state index contributed by atoms with van der Waals surface area (Å²) in [6.45, 7) is 7.60. The first kappa shape index (κ1) is 21.1. The Bertz CT molecular complexity index is 410. The molecule has 0 amide bonds. The molecule has 1 aromatic carbocycles. The molecule has 0 saturated heterocycles. The normalized spacial score (nSPS) is 11.0. The van der Waals surface area contributed by atoms with Crippen molar-refractivity contribution in [3.8, 4) is 5.75 Å². The van der Waals surface area contributed by atoms with Crippen LogP contribution in [0.25, 0.3) is 0 Å². The van der Waals surface area contributed by atoms with Gasteiger partial charge in [-0.15, -0.1) is 0 Å². The molecule has 0 heterocycles. The lowest BCUT2D eigenvalue weighted by Gasteiger charge is -2.12. The Kier molecular flexibility index (Phi) is 12.6. The summed E-state index contributed by atoms with van der Waals surface area (Å²) >= 11 is 0. The molecule has 1 nitrogen and oxygen atoms in total. The van der Waals surface area contributed by atoms with Crippen molar-refractivity contribution in [2.45, 2.75) is 104 Å². The summed E-state index contributed by atoms with van der Waals surface area (Å²) in [5, 5.41) is 0. The van der Waals surface area contributed by atoms with Crippen molar-refractivity contribution in [2.24, 2.45) is 0 Å². The zero-order valence-electron chi connectivity index (χ0n) is 16.5. The number of hydrogen-bond acceptors (Lipinski definition) is 1. The summed E-state index contributed by atoms with van der Waals surface area (Å²) in [6, 6.07) is 6.68. The second-order valence-corrected chi connectivity index (χ2v) is 7.25. The van der Waals surface area contributed by atoms with Crippen LogP contribution in [0.2, 0.25) is 0 Å². The first-order chi connectivity index (χ1) is 11.8. The van der Waals surface area contributed by atoms with Gasteiger partial charge < -0.3 is 4.74 Å². The molecule has 0 fully saturated rings. The lowest BCUT2D eigenvalue weighted by molar-refractivity contribution is 0.301. The standard InChI is InChI=1S/C23H40O/c1-4-6-8-10-12-14-16-22-20-21(3)17-18-23(22)24-19-15-13-11-9-7-5-2/h17-18,20H,4-16,19H2,1-3H3. The van der Waals surface area contributed by atoms with Crippen LogP contribution in [0.1, 0.15) is 102 Å². The molecular weight excluding hydrogens is 292 g/mol. The first-order valence-corrected chi connectivity index (χ1v) is 10.5. The predicted molar refractivity (Wildman–Crippen MR) is 107 cm³/mol. The second-order valence-electron chi connectivity index (χ2n) is 7.25. The molecule has 1 heteroatoms. The van der Waals surface area contributed by atoms with Crippen LogP contribution in [-0.2, 0) is 6.42 Å². The minimum Gasteiger partial charge on any atom is -0.493 e. The van der Waals surface area contributed by atoms with Gasteiger partial charge in [0.1, 0.15) is 5.75 Å². The summed E-state index contributed by atoms with van der Waals surface area (Å²) in [5.41, 5.74) is 2.76. The Balaban J connectivity index is 2.27. The van der Waals surface area contributed by atoms with Crippen LogP contribution >= 0.6 is 0 Å². The van der Waals surface area contributed by atoms with E-state index in [9.17, 15) is 0 Å². The smallest absolute Gasteiger partial charge is 0.122 e. The molecule has 0 saturated carbocycles. The van der Waals surface area contributed by atoms with Crippen molar-refractivity contribution in [1.82, 2.24) is 0 Å². The highest BCUT2D eigenvalue weighted by Gasteiger charge is 2.04. The molecule has 0 radical (unpaired) electrons. The zero-order valence-corrected chi connectivity index (χ0v) is 16.5. The topological polar surface area (TPSA) is 9.23 Å². The van der Waals surface area contributed by atoms with Gasteiger partial charge >= 0.3 is 0 Å². The molecule has 0 bridgehead atoms. The van der Waals surface area contributed by atoms with Crippen LogP contribution in [0.15, 0.2) is 18.2 Å². The average molecular weight is 333 g/mol. The van der Waals surface area contributed by atoms with E-state index in [2.05, 4.69) is 39.0 Å². The summed E-state index contributed by atoms with van der Waals surface area (Å²) in [4.78, 5) is 0. The molecule has 0 spiro atoms. The van der Waals surface area contributed by atoms with Crippen molar-refractivity contribution in [2.75, 3.05) is 6.61 Å². The van der Waals surface area contributed by atoms with Gasteiger partial charge in [-0.05, 0) is 37.8 Å². The molecule has 0 aliphatic heterocycles. The molecule has 0 unspecified atom stereocenters. The molecule has 0 aliphatic rings. The number of ether oxygens (including phenoxy) is 1. The molecule has 1 aromatic rings. The lowest BCUT2D eigenvalue weighted by atomic mass is 10.0. The van der Waals surface area contributed by atoms with Crippen molar-refractivity contribution in [3.05, 3.63) is 29.3 Å². The van der Waals surface area contributed by atoms with Gasteiger partial charge in [0.15, 0.2) is 0 Å². The molecule has 0 N–H and O–H groups in total. The molecule has 1 rings (SSSR count). The summed E-state index contributed by atoms with van der Waals surface area (Å²) < 4.78 is 6.09. The summed E-state index contributed by atoms with van der Waals surface area (Å²) in [6.07, 6.45) is 17.2. The van der Waals surface area contributed by atoms with Gasteiger partial charge in [0, 0.05) is 0 Å². The van der Waals surface area contributed by atoms with E-state index in [1.807, 2.05) is 0 Å². The number of benzene rings is 1. The van der Waals surface area contributed by atoms with Crippen LogP contribution in [0, 0.1) is 6.92 Å². The van der Waals surface area contributed by atoms with E-state index in [0.717, 1.165) is 12.4 Å². The summed E-state index contributed by atoms with van der Waals surface area (Å²) in [7, 11) is 0. The first-order valence-electron chi connectivity index (χ1n) is 10.5. The Hall–Kier alpha value is -0.980. The molecule has 0 aliphatic carbocycles. The van der Waals surface area contributed by atoms with E-state index in [1.54, 1.807) is 0 Å². The third kappa shape index (κ3) is 10.0. The van der Waals surface area contributed by atoms with Gasteiger partial charge in [-0.1, -0.05) is 95.8 Å². The number of hydrogen-bond donors (Lipinski definition) is 0. The van der Waals surface area contributed by atoms with Gasteiger partial charge in [-0.2, -0.15) is 0 Å². The molecule has 0 aromatic heterocycles. The highest BCUT2D eigenvalue weighted by Crippen LogP contribution is 2.23. The maximum atomic E-state index is 6.09. The van der Waals surface area contributed by atoms with Crippen LogP contribution in [-0.4, -0.2) is 6.61 Å². The van der Waals surface area contributed by atoms with Crippen molar-refractivity contribution in [3.63, 3.8) is 0 Å². The minimum absolute atomic E-state index is 0.874. The van der Waals surface area contributed by atoms with Crippen molar-refractivity contribution < 1.29 is 4.74 Å². The van der Waals surface area contributed by atoms with Crippen molar-refractivity contribution in [1.29, 1.82) is 0 Å². The average Bonchev–Trinajstić information content (AvgIpc) is 2.58. The molecular formula is C23H40O. The molecule has 0 atom stereocenters. The van der Waals surface area contributed by atoms with Crippen LogP contribution in [0.4, 0.5) is 0 Å². The van der Waals surface area contributed by atoms with Crippen LogP contribution in [0.3, 0.4) is 0 Å². The molecule has 138 valence electrons. The second kappa shape index (κ2) is 14.4. The Morgan fingerprint density at radius 3 is 1.96 bits per heavy atom. The van der Waals surface area contributed by atoms with E-state index in [4.69, 9.17) is 4.74 Å². The predicted octanol–water partition coefficient (Wildman–Crippen LogP) is 7.64. The SMILES string of the molecule is CCCCCCCCOc1ccc(C)cc1CCCCCCCC. The molecule has 24 heavy (non-hydrogen) atoms. The fourth-order valence-electron chi connectivity index (χ4n) is 3.20. The number of unbranched alkanes of at least 4 members (excludes halogenated alkanes) is 10. The van der Waals surface area contributed by atoms with E-state index < -0.39 is 0 Å². The van der Waals surface area contributed by atoms with Gasteiger partial charge in [-0.3, -0.25) is 0 Å². The summed E-state index contributed by atoms with van der Waals surface area (Å²) in [5.74, 6) is 1.13. The fraction of sp³-hybridized carbons (Fsp3) is 0.739. The monoisotopic (exact) mass is 332 g/mol. The highest BCUT2D eigenvalue weighted by atomic mass is 16.5. The third-order valence-corrected chi connectivity index (χ3v) is 4.77. The number of rotatable bonds is 15. The quantitative estimate of drug-likeness (QED) is 0.300. The number of aryl methyl sites for hydroxylation is 2. The zero-order chi connectivity index (χ0) is 17.5. The van der Waals surface area contributed by atoms with Gasteiger partial charge in [0.2, 0.25) is 0 Å². The van der Waals surface area contributed by atoms with Gasteiger partial charge in [0.05, 0.1) is 6.61 Å². The van der Waals surface area contributed by atoms with E-state index in [0.29, 0.717) is 0 Å². The fourth-order valence-corrected chi connectivity index (χ4v) is 3.20. The Morgan fingerprint density at radius 1 is 0.708 bits per heavy atom. The Morgan fingerprint density at radius 2 is 1.29 bits per heavy atom. The lowest BCUT2D eigenvalue weighted by Crippen LogP contribution is -2.01. The van der Waals surface area contributed by atoms with E-state index >= 15 is 0 Å². The van der Waals surface area contributed by atoms with Crippen LogP contribution in [0.5, 0.6) is 5.75 Å². The Labute approximate surface area is 151 Å². The maximum absolute atomic E-state index is 6.09. The van der Waals surface area contributed by atoms with E-state index in [1.165, 1.54) is 94.6 Å². The minimum atomic E-state index is 0.874. The van der Waals surface area contributed by atoms with Crippen LogP contribution < -0.4 is 4.74 Å².